The van der Waals surface area contributed by atoms with Crippen LogP contribution in [0.4, 0.5) is 0 Å². The molecule has 0 spiro atoms. The molecule has 0 aromatic heterocycles. The smallest absolute Gasteiger partial charge is 0.136 e. The van der Waals surface area contributed by atoms with E-state index in [4.69, 9.17) is 4.74 Å². The Kier molecular flexibility index (Phi) is 4.00. The summed E-state index contributed by atoms with van der Waals surface area (Å²) in [5.74, 6) is 0.495. The van der Waals surface area contributed by atoms with Gasteiger partial charge in [-0.15, -0.1) is 0 Å². The van der Waals surface area contributed by atoms with Crippen LogP contribution in [0.2, 0.25) is 0 Å². The minimum atomic E-state index is 0.483. The lowest BCUT2D eigenvalue weighted by Gasteiger charge is -2.46. The Morgan fingerprint density at radius 3 is 2.50 bits per heavy atom. The lowest BCUT2D eigenvalue weighted by atomic mass is 9.83. The van der Waals surface area contributed by atoms with E-state index in [1.807, 2.05) is 0 Å². The Morgan fingerprint density at radius 2 is 1.83 bits per heavy atom. The van der Waals surface area contributed by atoms with Crippen molar-refractivity contribution in [3.8, 4) is 0 Å². The Hall–Kier alpha value is -0.410. The molecule has 0 N–H and O–H groups in total. The van der Waals surface area contributed by atoms with Crippen molar-refractivity contribution in [2.75, 3.05) is 13.2 Å². The van der Waals surface area contributed by atoms with Crippen molar-refractivity contribution in [3.05, 3.63) is 0 Å². The predicted molar refractivity (Wildman–Crippen MR) is 70.6 cm³/mol. The summed E-state index contributed by atoms with van der Waals surface area (Å²) in [6.07, 6.45) is 10.8. The number of hydrogen-bond acceptors (Lipinski definition) is 3. The van der Waals surface area contributed by atoms with Gasteiger partial charge in [0.25, 0.3) is 0 Å². The van der Waals surface area contributed by atoms with Gasteiger partial charge in [-0.25, -0.2) is 0 Å². The quantitative estimate of drug-likeness (QED) is 0.772. The first-order valence-electron chi connectivity index (χ1n) is 7.72. The van der Waals surface area contributed by atoms with Gasteiger partial charge < -0.3 is 4.74 Å². The summed E-state index contributed by atoms with van der Waals surface area (Å²) in [5.41, 5.74) is 0. The summed E-state index contributed by atoms with van der Waals surface area (Å²) in [5, 5.41) is 0. The largest absolute Gasteiger partial charge is 0.378 e. The van der Waals surface area contributed by atoms with Crippen molar-refractivity contribution >= 4 is 5.78 Å². The minimum Gasteiger partial charge on any atom is -0.378 e. The highest BCUT2D eigenvalue weighted by molar-refractivity contribution is 5.80. The van der Waals surface area contributed by atoms with Gasteiger partial charge >= 0.3 is 0 Å². The van der Waals surface area contributed by atoms with Crippen LogP contribution < -0.4 is 0 Å². The molecule has 3 saturated heterocycles. The highest BCUT2D eigenvalue weighted by Crippen LogP contribution is 2.32. The third-order valence-corrected chi connectivity index (χ3v) is 4.92. The van der Waals surface area contributed by atoms with Crippen molar-refractivity contribution in [2.24, 2.45) is 0 Å². The third-order valence-electron chi connectivity index (χ3n) is 4.92. The molecule has 3 aliphatic heterocycles. The second kappa shape index (κ2) is 5.70. The van der Waals surface area contributed by atoms with E-state index < -0.39 is 0 Å². The number of piperidine rings is 2. The molecule has 3 nitrogen and oxygen atoms in total. The van der Waals surface area contributed by atoms with Crippen molar-refractivity contribution in [2.45, 2.75) is 76.0 Å². The van der Waals surface area contributed by atoms with E-state index in [0.29, 0.717) is 24.0 Å². The van der Waals surface area contributed by atoms with Crippen LogP contribution in [-0.2, 0) is 9.53 Å². The van der Waals surface area contributed by atoms with E-state index in [-0.39, 0.29) is 0 Å². The van der Waals surface area contributed by atoms with E-state index in [1.54, 1.807) is 0 Å². The lowest BCUT2D eigenvalue weighted by Crippen LogP contribution is -2.53. The summed E-state index contributed by atoms with van der Waals surface area (Å²) in [7, 11) is 0. The number of fused-ring (bicyclic) bond motifs is 2. The molecule has 102 valence electrons. The molecule has 0 radical (unpaired) electrons. The van der Waals surface area contributed by atoms with Crippen LogP contribution in [0.3, 0.4) is 0 Å². The fourth-order valence-electron chi connectivity index (χ4n) is 3.96. The zero-order valence-corrected chi connectivity index (χ0v) is 11.3. The van der Waals surface area contributed by atoms with Crippen molar-refractivity contribution in [1.82, 2.24) is 4.90 Å². The van der Waals surface area contributed by atoms with E-state index in [2.05, 4.69) is 4.90 Å². The topological polar surface area (TPSA) is 29.5 Å². The molecule has 3 heteroatoms. The number of carbonyl (C=O) groups is 1. The number of nitrogens with zero attached hydrogens (tertiary/aromatic N) is 1. The first-order chi connectivity index (χ1) is 8.83. The van der Waals surface area contributed by atoms with Gasteiger partial charge in [-0.3, -0.25) is 9.69 Å². The first-order valence-corrected chi connectivity index (χ1v) is 7.72. The van der Waals surface area contributed by atoms with E-state index in [9.17, 15) is 4.79 Å². The Morgan fingerprint density at radius 1 is 1.06 bits per heavy atom. The van der Waals surface area contributed by atoms with Gasteiger partial charge in [0.2, 0.25) is 0 Å². The summed E-state index contributed by atoms with van der Waals surface area (Å²) >= 11 is 0. The molecule has 0 aliphatic carbocycles. The number of hydrogen-bond donors (Lipinski definition) is 0. The van der Waals surface area contributed by atoms with Gasteiger partial charge in [0.1, 0.15) is 5.78 Å². The van der Waals surface area contributed by atoms with Crippen molar-refractivity contribution < 1.29 is 9.53 Å². The average Bonchev–Trinajstić information content (AvgIpc) is 2.37. The van der Waals surface area contributed by atoms with E-state index >= 15 is 0 Å². The van der Waals surface area contributed by atoms with Crippen LogP contribution in [-0.4, -0.2) is 42.0 Å². The molecule has 3 fully saturated rings. The summed E-state index contributed by atoms with van der Waals surface area (Å²) in [6, 6.07) is 1.10. The van der Waals surface area contributed by atoms with Crippen LogP contribution in [0, 0.1) is 0 Å². The van der Waals surface area contributed by atoms with Crippen LogP contribution in [0.25, 0.3) is 0 Å². The van der Waals surface area contributed by atoms with Crippen LogP contribution >= 0.6 is 0 Å². The van der Waals surface area contributed by atoms with Crippen molar-refractivity contribution in [3.63, 3.8) is 0 Å². The van der Waals surface area contributed by atoms with Gasteiger partial charge in [-0.05, 0) is 38.5 Å². The number of rotatable bonds is 3. The molecule has 18 heavy (non-hydrogen) atoms. The summed E-state index contributed by atoms with van der Waals surface area (Å²) in [4.78, 5) is 14.3. The lowest BCUT2D eigenvalue weighted by molar-refractivity contribution is -0.127. The minimum absolute atomic E-state index is 0.483. The SMILES string of the molecule is O=C1CC2CCCC(C1)N2CCC1CCCCO1. The maximum absolute atomic E-state index is 11.7. The number of Topliss-reactive ketones (excluding diaryl/α,β-unsaturated/α-hetero) is 1. The molecule has 2 bridgehead atoms. The number of ketones is 1. The third kappa shape index (κ3) is 2.77. The van der Waals surface area contributed by atoms with Crippen LogP contribution in [0.15, 0.2) is 0 Å². The number of carbonyl (C=O) groups excluding carboxylic acids is 1. The Labute approximate surface area is 110 Å². The Balaban J connectivity index is 1.53. The van der Waals surface area contributed by atoms with Gasteiger partial charge in [-0.2, -0.15) is 0 Å². The maximum atomic E-state index is 11.7. The highest BCUT2D eigenvalue weighted by Gasteiger charge is 2.37. The zero-order chi connectivity index (χ0) is 12.4. The van der Waals surface area contributed by atoms with E-state index in [1.165, 1.54) is 44.9 Å². The van der Waals surface area contributed by atoms with Gasteiger partial charge in [-0.1, -0.05) is 6.42 Å². The molecule has 0 amide bonds. The molecular formula is C15H25NO2. The van der Waals surface area contributed by atoms with E-state index in [0.717, 1.165) is 26.0 Å². The van der Waals surface area contributed by atoms with Crippen molar-refractivity contribution in [1.29, 1.82) is 0 Å². The predicted octanol–water partition coefficient (Wildman–Crippen LogP) is 2.53. The number of ether oxygens (including phenoxy) is 1. The van der Waals surface area contributed by atoms with Crippen LogP contribution in [0.5, 0.6) is 0 Å². The molecule has 3 unspecified atom stereocenters. The zero-order valence-electron chi connectivity index (χ0n) is 11.3. The molecule has 3 aliphatic rings. The maximum Gasteiger partial charge on any atom is 0.136 e. The summed E-state index contributed by atoms with van der Waals surface area (Å²) in [6.45, 7) is 2.10. The van der Waals surface area contributed by atoms with Crippen LogP contribution in [0.1, 0.15) is 57.8 Å². The molecule has 3 heterocycles. The normalized spacial score (nSPS) is 37.8. The fraction of sp³-hybridized carbons (Fsp3) is 0.933. The first kappa shape index (κ1) is 12.6. The molecule has 0 saturated carbocycles. The molecule has 3 atom stereocenters. The second-order valence-electron chi connectivity index (χ2n) is 6.20. The second-order valence-corrected chi connectivity index (χ2v) is 6.20. The monoisotopic (exact) mass is 251 g/mol. The molecule has 0 aromatic rings. The fourth-order valence-corrected chi connectivity index (χ4v) is 3.96. The Bertz CT molecular complexity index is 283. The summed E-state index contributed by atoms with van der Waals surface area (Å²) < 4.78 is 5.82. The molecule has 0 aromatic carbocycles. The molecular weight excluding hydrogens is 226 g/mol. The average molecular weight is 251 g/mol. The van der Waals surface area contributed by atoms with Gasteiger partial charge in [0.15, 0.2) is 0 Å². The van der Waals surface area contributed by atoms with Gasteiger partial charge in [0.05, 0.1) is 6.10 Å². The standard InChI is InChI=1S/C15H25NO2/c17-14-10-12-4-3-5-13(11-14)16(12)8-7-15-6-1-2-9-18-15/h12-13,15H,1-11H2. The molecule has 3 rings (SSSR count). The highest BCUT2D eigenvalue weighted by atomic mass is 16.5. The van der Waals surface area contributed by atoms with Gasteiger partial charge in [0, 0.05) is 38.1 Å².